The topological polar surface area (TPSA) is 29.1 Å². The third kappa shape index (κ3) is 4.00. The zero-order valence-electron chi connectivity index (χ0n) is 6.77. The van der Waals surface area contributed by atoms with Gasteiger partial charge in [-0.15, -0.1) is 0 Å². The van der Waals surface area contributed by atoms with Crippen LogP contribution in [0.4, 0.5) is 13.2 Å². The molecule has 0 aromatic rings. The lowest BCUT2D eigenvalue weighted by Gasteiger charge is -2.10. The van der Waals surface area contributed by atoms with Crippen LogP contribution in [0.2, 0.25) is 0 Å². The number of hydrogen-bond acceptors (Lipinski definition) is 1. The fourth-order valence-corrected chi connectivity index (χ4v) is 0.625. The number of alkyl halides is 3. The zero-order chi connectivity index (χ0) is 9.78. The number of carbonyl (C=O) groups excluding carboxylic acids is 1. The molecule has 2 nitrogen and oxygen atoms in total. The molecule has 0 radical (unpaired) electrons. The van der Waals surface area contributed by atoms with Crippen molar-refractivity contribution in [1.29, 1.82) is 0 Å². The summed E-state index contributed by atoms with van der Waals surface area (Å²) < 4.78 is 34.8. The molecule has 0 aliphatic carbocycles. The Balaban J connectivity index is 4.02. The van der Waals surface area contributed by atoms with Gasteiger partial charge in [0.2, 0.25) is 0 Å². The first kappa shape index (κ1) is 11.0. The van der Waals surface area contributed by atoms with E-state index in [0.717, 1.165) is 0 Å². The monoisotopic (exact) mass is 181 g/mol. The second-order valence-electron chi connectivity index (χ2n) is 2.29. The molecule has 0 fully saturated rings. The Bertz CT molecular complexity index is 186. The van der Waals surface area contributed by atoms with Crippen LogP contribution in [0, 0.1) is 0 Å². The molecule has 5 heteroatoms. The summed E-state index contributed by atoms with van der Waals surface area (Å²) in [5, 5.41) is 1.77. The highest BCUT2D eigenvalue weighted by Gasteiger charge is 2.38. The smallest absolute Gasteiger partial charge is 0.342 e. The Kier molecular flexibility index (Phi) is 3.79. The molecule has 12 heavy (non-hydrogen) atoms. The van der Waals surface area contributed by atoms with Crippen molar-refractivity contribution >= 4 is 5.91 Å². The van der Waals surface area contributed by atoms with Gasteiger partial charge in [-0.25, -0.2) is 0 Å². The number of allylic oxidation sites excluding steroid dienone is 1. The molecule has 0 spiro atoms. The number of rotatable bonds is 2. The summed E-state index contributed by atoms with van der Waals surface area (Å²) >= 11 is 0. The average molecular weight is 181 g/mol. The molecule has 0 rings (SSSR count). The van der Waals surface area contributed by atoms with Crippen LogP contribution in [0.3, 0.4) is 0 Å². The van der Waals surface area contributed by atoms with Crippen LogP contribution in [0.1, 0.15) is 13.8 Å². The summed E-state index contributed by atoms with van der Waals surface area (Å²) in [6, 6.07) is -0.593. The molecule has 0 saturated heterocycles. The van der Waals surface area contributed by atoms with E-state index in [4.69, 9.17) is 0 Å². The molecule has 0 heterocycles. The van der Waals surface area contributed by atoms with Crippen molar-refractivity contribution in [2.75, 3.05) is 0 Å². The first-order valence-corrected chi connectivity index (χ1v) is 3.38. The highest BCUT2D eigenvalue weighted by Crippen LogP contribution is 2.14. The number of amides is 1. The molecule has 1 N–H and O–H groups in total. The summed E-state index contributed by atoms with van der Waals surface area (Å²) in [6.45, 7) is 3.12. The van der Waals surface area contributed by atoms with Gasteiger partial charge >= 0.3 is 12.1 Å². The third-order valence-electron chi connectivity index (χ3n) is 1.10. The third-order valence-corrected chi connectivity index (χ3v) is 1.10. The Morgan fingerprint density at radius 2 is 2.00 bits per heavy atom. The molecule has 0 aromatic heterocycles. The van der Waals surface area contributed by atoms with Gasteiger partial charge in [0, 0.05) is 6.04 Å². The van der Waals surface area contributed by atoms with Crippen LogP contribution < -0.4 is 5.32 Å². The van der Waals surface area contributed by atoms with E-state index in [1.807, 2.05) is 0 Å². The SMILES string of the molecule is C/C=C/[C@H](C)NC(=O)C(F)(F)F. The van der Waals surface area contributed by atoms with E-state index < -0.39 is 18.1 Å². The molecule has 0 aromatic carbocycles. The van der Waals surface area contributed by atoms with Gasteiger partial charge in [0.1, 0.15) is 0 Å². The minimum atomic E-state index is -4.80. The molecule has 70 valence electrons. The molecule has 0 aliphatic rings. The Hall–Kier alpha value is -1.00. The van der Waals surface area contributed by atoms with Crippen molar-refractivity contribution in [2.45, 2.75) is 26.1 Å². The molecule has 0 bridgehead atoms. The quantitative estimate of drug-likeness (QED) is 0.644. The second kappa shape index (κ2) is 4.13. The van der Waals surface area contributed by atoms with Crippen molar-refractivity contribution in [3.63, 3.8) is 0 Å². The molecule has 1 amide bonds. The molecular formula is C7H10F3NO. The summed E-state index contributed by atoms with van der Waals surface area (Å²) in [5.74, 6) is -1.91. The molecule has 1 atom stereocenters. The van der Waals surface area contributed by atoms with Crippen LogP contribution in [-0.2, 0) is 4.79 Å². The lowest BCUT2D eigenvalue weighted by molar-refractivity contribution is -0.173. The van der Waals surface area contributed by atoms with Crippen LogP contribution in [0.15, 0.2) is 12.2 Å². The van der Waals surface area contributed by atoms with E-state index in [1.54, 1.807) is 18.3 Å². The standard InChI is InChI=1S/C7H10F3NO/c1-3-4-5(2)11-6(12)7(8,9)10/h3-5H,1-2H3,(H,11,12)/b4-3+/t5-/m0/s1. The number of nitrogens with one attached hydrogen (secondary N) is 1. The lowest BCUT2D eigenvalue weighted by atomic mass is 10.3. The van der Waals surface area contributed by atoms with Gasteiger partial charge in [-0.3, -0.25) is 4.79 Å². The van der Waals surface area contributed by atoms with Crippen molar-refractivity contribution < 1.29 is 18.0 Å². The van der Waals surface area contributed by atoms with E-state index >= 15 is 0 Å². The Morgan fingerprint density at radius 3 is 2.33 bits per heavy atom. The highest BCUT2D eigenvalue weighted by atomic mass is 19.4. The van der Waals surface area contributed by atoms with Gasteiger partial charge in [0.25, 0.3) is 0 Å². The van der Waals surface area contributed by atoms with Gasteiger partial charge in [-0.1, -0.05) is 12.2 Å². The van der Waals surface area contributed by atoms with Gasteiger partial charge in [-0.05, 0) is 13.8 Å². The van der Waals surface area contributed by atoms with Gasteiger partial charge in [0.05, 0.1) is 0 Å². The Morgan fingerprint density at radius 1 is 1.50 bits per heavy atom. The van der Waals surface area contributed by atoms with E-state index in [9.17, 15) is 18.0 Å². The summed E-state index contributed by atoms with van der Waals surface area (Å²) in [5.41, 5.74) is 0. The maximum atomic E-state index is 11.6. The highest BCUT2D eigenvalue weighted by molar-refractivity contribution is 5.82. The molecule has 0 unspecified atom stereocenters. The summed E-state index contributed by atoms with van der Waals surface area (Å²) in [4.78, 5) is 10.3. The van der Waals surface area contributed by atoms with Crippen molar-refractivity contribution in [3.8, 4) is 0 Å². The molecule has 0 aliphatic heterocycles. The molecular weight excluding hydrogens is 171 g/mol. The minimum Gasteiger partial charge on any atom is -0.342 e. The predicted octanol–water partition coefficient (Wildman–Crippen LogP) is 1.63. The largest absolute Gasteiger partial charge is 0.471 e. The first-order valence-electron chi connectivity index (χ1n) is 3.38. The lowest BCUT2D eigenvalue weighted by Crippen LogP contribution is -2.41. The van der Waals surface area contributed by atoms with Crippen LogP contribution >= 0.6 is 0 Å². The maximum Gasteiger partial charge on any atom is 0.471 e. The van der Waals surface area contributed by atoms with Crippen LogP contribution in [0.25, 0.3) is 0 Å². The van der Waals surface area contributed by atoms with Gasteiger partial charge in [-0.2, -0.15) is 13.2 Å². The number of halogens is 3. The van der Waals surface area contributed by atoms with E-state index in [-0.39, 0.29) is 0 Å². The van der Waals surface area contributed by atoms with E-state index in [1.165, 1.54) is 13.0 Å². The maximum absolute atomic E-state index is 11.6. The van der Waals surface area contributed by atoms with Gasteiger partial charge < -0.3 is 5.32 Å². The average Bonchev–Trinajstić information content (AvgIpc) is 1.85. The number of carbonyl (C=O) groups is 1. The Labute approximate surface area is 68.4 Å². The van der Waals surface area contributed by atoms with E-state index in [2.05, 4.69) is 0 Å². The summed E-state index contributed by atoms with van der Waals surface area (Å²) in [7, 11) is 0. The van der Waals surface area contributed by atoms with Crippen molar-refractivity contribution in [2.24, 2.45) is 0 Å². The predicted molar refractivity (Wildman–Crippen MR) is 38.5 cm³/mol. The first-order chi connectivity index (χ1) is 5.38. The summed E-state index contributed by atoms with van der Waals surface area (Å²) in [6.07, 6.45) is -1.76. The fourth-order valence-electron chi connectivity index (χ4n) is 0.625. The minimum absolute atomic E-state index is 0.593. The van der Waals surface area contributed by atoms with Crippen LogP contribution in [0.5, 0.6) is 0 Å². The molecule has 0 saturated carbocycles. The fraction of sp³-hybridized carbons (Fsp3) is 0.571. The second-order valence-corrected chi connectivity index (χ2v) is 2.29. The van der Waals surface area contributed by atoms with E-state index in [0.29, 0.717) is 0 Å². The van der Waals surface area contributed by atoms with Gasteiger partial charge in [0.15, 0.2) is 0 Å². The van der Waals surface area contributed by atoms with Crippen LogP contribution in [-0.4, -0.2) is 18.1 Å². The number of hydrogen-bond donors (Lipinski definition) is 1. The van der Waals surface area contributed by atoms with Crippen molar-refractivity contribution in [3.05, 3.63) is 12.2 Å². The normalized spacial score (nSPS) is 14.8. The van der Waals surface area contributed by atoms with Crippen molar-refractivity contribution in [1.82, 2.24) is 5.32 Å². The zero-order valence-corrected chi connectivity index (χ0v) is 6.77.